The molecule has 28 heavy (non-hydrogen) atoms. The molecule has 1 saturated heterocycles. The van der Waals surface area contributed by atoms with Gasteiger partial charge in [-0.2, -0.15) is 0 Å². The van der Waals surface area contributed by atoms with E-state index in [9.17, 15) is 0 Å². The van der Waals surface area contributed by atoms with Crippen LogP contribution in [0.5, 0.6) is 0 Å². The van der Waals surface area contributed by atoms with Gasteiger partial charge in [-0.05, 0) is 23.6 Å². The van der Waals surface area contributed by atoms with Gasteiger partial charge in [0.1, 0.15) is 0 Å². The Kier molecular flexibility index (Phi) is 11.2. The molecule has 1 unspecified atom stereocenters. The normalized spacial score (nSPS) is 16.2. The number of guanidine groups is 1. The number of thiophene rings is 1. The maximum Gasteiger partial charge on any atom is 0.191 e. The number of rotatable bonds is 8. The molecule has 1 aliphatic heterocycles. The van der Waals surface area contributed by atoms with Crippen LogP contribution in [0, 0.1) is 0 Å². The van der Waals surface area contributed by atoms with E-state index < -0.39 is 0 Å². The molecule has 2 N–H and O–H groups in total. The van der Waals surface area contributed by atoms with Crippen molar-refractivity contribution < 1.29 is 4.74 Å². The topological polar surface area (TPSA) is 48.9 Å². The molecule has 0 bridgehead atoms. The summed E-state index contributed by atoms with van der Waals surface area (Å²) in [4.78, 5) is 9.56. The summed E-state index contributed by atoms with van der Waals surface area (Å²) in [6.07, 6.45) is 0. The van der Waals surface area contributed by atoms with Gasteiger partial charge in [-0.3, -0.25) is 9.89 Å². The van der Waals surface area contributed by atoms with Crippen LogP contribution in [0.2, 0.25) is 0 Å². The fraction of sp³-hybridized carbons (Fsp3) is 0.450. The number of nitrogens with zero attached hydrogens (tertiary/aromatic N) is 2. The third kappa shape index (κ3) is 7.55. The van der Waals surface area contributed by atoms with E-state index in [4.69, 9.17) is 4.74 Å². The summed E-state index contributed by atoms with van der Waals surface area (Å²) in [7, 11) is 1.83. The predicted octanol–water partition coefficient (Wildman–Crippen LogP) is 3.70. The van der Waals surface area contributed by atoms with Crippen molar-refractivity contribution >= 4 is 53.0 Å². The van der Waals surface area contributed by atoms with E-state index in [-0.39, 0.29) is 24.0 Å². The van der Waals surface area contributed by atoms with E-state index >= 15 is 0 Å². The Bertz CT molecular complexity index is 679. The molecule has 0 amide bonds. The first-order chi connectivity index (χ1) is 13.4. The van der Waals surface area contributed by atoms with Crippen molar-refractivity contribution in [2.75, 3.05) is 52.2 Å². The van der Waals surface area contributed by atoms with Crippen LogP contribution in [-0.2, 0) is 4.74 Å². The standard InChI is InChI=1S/C20H28N4OS2.HI/c1-21-20(22-9-15-26-17-6-3-2-4-7-17)23-16-18(19-8-5-14-27-19)24-10-12-25-13-11-24;/h2-8,14,18H,9-13,15-16H2,1H3,(H2,21,22,23);1H. The lowest BCUT2D eigenvalue weighted by molar-refractivity contribution is 0.0177. The Morgan fingerprint density at radius 3 is 2.64 bits per heavy atom. The van der Waals surface area contributed by atoms with Crippen LogP contribution >= 0.6 is 47.1 Å². The lowest BCUT2D eigenvalue weighted by Gasteiger charge is -2.34. The first kappa shape index (κ1) is 23.5. The molecule has 1 aromatic carbocycles. The second-order valence-electron chi connectivity index (χ2n) is 6.22. The van der Waals surface area contributed by atoms with E-state index in [1.54, 1.807) is 0 Å². The van der Waals surface area contributed by atoms with Crippen LogP contribution < -0.4 is 10.6 Å². The number of benzene rings is 1. The van der Waals surface area contributed by atoms with Crippen LogP contribution in [0.3, 0.4) is 0 Å². The second-order valence-corrected chi connectivity index (χ2v) is 8.37. The summed E-state index contributed by atoms with van der Waals surface area (Å²) in [5, 5.41) is 9.08. The highest BCUT2D eigenvalue weighted by atomic mass is 127. The third-order valence-electron chi connectivity index (χ3n) is 4.45. The fourth-order valence-electron chi connectivity index (χ4n) is 3.05. The molecule has 0 aliphatic carbocycles. The highest BCUT2D eigenvalue weighted by Gasteiger charge is 2.23. The van der Waals surface area contributed by atoms with Crippen molar-refractivity contribution in [3.05, 3.63) is 52.7 Å². The van der Waals surface area contributed by atoms with E-state index in [0.29, 0.717) is 6.04 Å². The van der Waals surface area contributed by atoms with E-state index in [1.807, 2.05) is 36.2 Å². The van der Waals surface area contributed by atoms with Gasteiger partial charge in [-0.25, -0.2) is 0 Å². The maximum atomic E-state index is 5.52. The quantitative estimate of drug-likeness (QED) is 0.179. The van der Waals surface area contributed by atoms with Crippen molar-refractivity contribution in [2.24, 2.45) is 4.99 Å². The number of morpholine rings is 1. The van der Waals surface area contributed by atoms with Crippen LogP contribution in [0.25, 0.3) is 0 Å². The lowest BCUT2D eigenvalue weighted by Crippen LogP contribution is -2.46. The minimum absolute atomic E-state index is 0. The molecule has 1 aliphatic rings. The average Bonchev–Trinajstić information content (AvgIpc) is 3.26. The lowest BCUT2D eigenvalue weighted by atomic mass is 10.2. The number of ether oxygens (including phenoxy) is 1. The molecule has 154 valence electrons. The molecular weight excluding hydrogens is 503 g/mol. The van der Waals surface area contributed by atoms with E-state index in [2.05, 4.69) is 62.3 Å². The molecular formula is C20H29IN4OS2. The maximum absolute atomic E-state index is 5.52. The summed E-state index contributed by atoms with van der Waals surface area (Å²) in [6, 6.07) is 15.2. The van der Waals surface area contributed by atoms with Crippen LogP contribution in [0.1, 0.15) is 10.9 Å². The first-order valence-corrected chi connectivity index (χ1v) is 11.2. The summed E-state index contributed by atoms with van der Waals surface area (Å²) in [5.74, 6) is 1.86. The Morgan fingerprint density at radius 1 is 1.18 bits per heavy atom. The van der Waals surface area contributed by atoms with Gasteiger partial charge in [0.05, 0.1) is 19.3 Å². The molecule has 2 aromatic rings. The minimum Gasteiger partial charge on any atom is -0.379 e. The number of halogens is 1. The number of aliphatic imine (C=N–C) groups is 1. The van der Waals surface area contributed by atoms with Crippen molar-refractivity contribution in [3.63, 3.8) is 0 Å². The SMILES string of the molecule is CN=C(NCCSc1ccccc1)NCC(c1cccs1)N1CCOCC1.I. The predicted molar refractivity (Wildman–Crippen MR) is 131 cm³/mol. The number of nitrogens with one attached hydrogen (secondary N) is 2. The molecule has 0 spiro atoms. The first-order valence-electron chi connectivity index (χ1n) is 9.34. The van der Waals surface area contributed by atoms with Gasteiger partial charge in [0.2, 0.25) is 0 Å². The molecule has 0 radical (unpaired) electrons. The Hall–Kier alpha value is -0.810. The van der Waals surface area contributed by atoms with Gasteiger partial charge >= 0.3 is 0 Å². The Morgan fingerprint density at radius 2 is 1.96 bits per heavy atom. The molecule has 1 aromatic heterocycles. The molecule has 2 heterocycles. The summed E-state index contributed by atoms with van der Waals surface area (Å²) in [5.41, 5.74) is 0. The molecule has 1 fully saturated rings. The van der Waals surface area contributed by atoms with Crippen molar-refractivity contribution in [3.8, 4) is 0 Å². The monoisotopic (exact) mass is 532 g/mol. The van der Waals surface area contributed by atoms with Gasteiger partial charge in [0.15, 0.2) is 5.96 Å². The van der Waals surface area contributed by atoms with E-state index in [0.717, 1.165) is 51.1 Å². The van der Waals surface area contributed by atoms with Crippen LogP contribution in [-0.4, -0.2) is 63.1 Å². The minimum atomic E-state index is 0. The summed E-state index contributed by atoms with van der Waals surface area (Å²) in [6.45, 7) is 5.29. The van der Waals surface area contributed by atoms with Crippen molar-refractivity contribution in [1.82, 2.24) is 15.5 Å². The number of thioether (sulfide) groups is 1. The van der Waals surface area contributed by atoms with Crippen LogP contribution in [0.15, 0.2) is 57.7 Å². The molecule has 8 heteroatoms. The number of hydrogen-bond acceptors (Lipinski definition) is 5. The Labute approximate surface area is 193 Å². The zero-order chi connectivity index (χ0) is 18.7. The third-order valence-corrected chi connectivity index (χ3v) is 6.44. The molecule has 1 atom stereocenters. The zero-order valence-electron chi connectivity index (χ0n) is 16.2. The van der Waals surface area contributed by atoms with Gasteiger partial charge in [0, 0.05) is 48.8 Å². The average molecular weight is 533 g/mol. The summed E-state index contributed by atoms with van der Waals surface area (Å²) >= 11 is 3.67. The molecule has 3 rings (SSSR count). The van der Waals surface area contributed by atoms with Gasteiger partial charge in [-0.1, -0.05) is 24.3 Å². The zero-order valence-corrected chi connectivity index (χ0v) is 20.1. The largest absolute Gasteiger partial charge is 0.379 e. The van der Waals surface area contributed by atoms with Crippen LogP contribution in [0.4, 0.5) is 0 Å². The smallest absolute Gasteiger partial charge is 0.191 e. The Balaban J connectivity index is 0.00000280. The highest BCUT2D eigenvalue weighted by molar-refractivity contribution is 14.0. The fourth-order valence-corrected chi connectivity index (χ4v) is 4.70. The van der Waals surface area contributed by atoms with E-state index in [1.165, 1.54) is 9.77 Å². The van der Waals surface area contributed by atoms with Gasteiger partial charge in [-0.15, -0.1) is 47.1 Å². The second kappa shape index (κ2) is 13.4. The summed E-state index contributed by atoms with van der Waals surface area (Å²) < 4.78 is 5.52. The number of hydrogen-bond donors (Lipinski definition) is 2. The van der Waals surface area contributed by atoms with Crippen molar-refractivity contribution in [2.45, 2.75) is 10.9 Å². The van der Waals surface area contributed by atoms with Gasteiger partial charge < -0.3 is 15.4 Å². The van der Waals surface area contributed by atoms with Crippen molar-refractivity contribution in [1.29, 1.82) is 0 Å². The molecule has 0 saturated carbocycles. The van der Waals surface area contributed by atoms with Gasteiger partial charge in [0.25, 0.3) is 0 Å². The highest BCUT2D eigenvalue weighted by Crippen LogP contribution is 2.25. The molecule has 5 nitrogen and oxygen atoms in total.